The van der Waals surface area contributed by atoms with Gasteiger partial charge in [-0.1, -0.05) is 26.8 Å². The number of carbonyl (C=O) groups is 1. The van der Waals surface area contributed by atoms with Gasteiger partial charge in [-0.15, -0.1) is 0 Å². The van der Waals surface area contributed by atoms with E-state index in [4.69, 9.17) is 0 Å². The number of benzene rings is 2. The number of hydrogen-bond donors (Lipinski definition) is 2. The summed E-state index contributed by atoms with van der Waals surface area (Å²) in [5.41, 5.74) is 1.58. The van der Waals surface area contributed by atoms with Gasteiger partial charge < -0.3 is 10.6 Å². The summed E-state index contributed by atoms with van der Waals surface area (Å²) in [6.45, 7) is 7.50. The van der Waals surface area contributed by atoms with Gasteiger partial charge in [-0.25, -0.2) is 16.8 Å². The summed E-state index contributed by atoms with van der Waals surface area (Å²) < 4.78 is 50.8. The Kier molecular flexibility index (Phi) is 8.21. The number of anilines is 2. The fourth-order valence-corrected chi connectivity index (χ4v) is 5.59. The maximum absolute atomic E-state index is 12.8. The van der Waals surface area contributed by atoms with Crippen molar-refractivity contribution >= 4 is 37.1 Å². The number of nitrogens with one attached hydrogen (secondary N) is 2. The van der Waals surface area contributed by atoms with E-state index >= 15 is 0 Å². The molecule has 0 atom stereocenters. The number of hydrogen-bond acceptors (Lipinski definition) is 6. The smallest absolute Gasteiger partial charge is 0.243 e. The van der Waals surface area contributed by atoms with E-state index in [0.29, 0.717) is 30.0 Å². The highest BCUT2D eigenvalue weighted by molar-refractivity contribution is 7.91. The Hall–Kier alpha value is -2.43. The molecule has 0 aliphatic heterocycles. The Morgan fingerprint density at radius 3 is 2.03 bits per heavy atom. The molecule has 0 aliphatic carbocycles. The van der Waals surface area contributed by atoms with Crippen LogP contribution in [0.2, 0.25) is 0 Å². The van der Waals surface area contributed by atoms with Crippen molar-refractivity contribution in [2.45, 2.75) is 37.5 Å². The molecule has 0 aromatic heterocycles. The maximum Gasteiger partial charge on any atom is 0.243 e. The van der Waals surface area contributed by atoms with Crippen LogP contribution in [-0.4, -0.2) is 52.4 Å². The fourth-order valence-electron chi connectivity index (χ4n) is 2.99. The van der Waals surface area contributed by atoms with Crippen LogP contribution in [0.3, 0.4) is 0 Å². The highest BCUT2D eigenvalue weighted by atomic mass is 32.2. The number of sulfone groups is 1. The minimum absolute atomic E-state index is 0.0186. The maximum atomic E-state index is 12.8. The minimum Gasteiger partial charge on any atom is -0.376 e. The number of aryl methyl sites for hydroxylation is 1. The van der Waals surface area contributed by atoms with Crippen LogP contribution in [0, 0.1) is 6.92 Å². The summed E-state index contributed by atoms with van der Waals surface area (Å²) in [5.74, 6) is -0.342. The summed E-state index contributed by atoms with van der Waals surface area (Å²) >= 11 is 0. The number of carbonyl (C=O) groups excluding carboxylic acids is 1. The predicted octanol–water partition coefficient (Wildman–Crippen LogP) is 2.87. The number of nitrogens with zero attached hydrogens (tertiary/aromatic N) is 1. The van der Waals surface area contributed by atoms with E-state index in [9.17, 15) is 21.6 Å². The SMILES string of the molecule is CCN(CC)S(=O)(=O)c1cc(NC(=O)CNc2ccc(S(=O)(=O)CC)cc2)ccc1C. The largest absolute Gasteiger partial charge is 0.376 e. The third kappa shape index (κ3) is 6.05. The van der Waals surface area contributed by atoms with Gasteiger partial charge in [-0.2, -0.15) is 4.31 Å². The van der Waals surface area contributed by atoms with E-state index in [0.717, 1.165) is 0 Å². The van der Waals surface area contributed by atoms with Crippen molar-refractivity contribution in [3.05, 3.63) is 48.0 Å². The van der Waals surface area contributed by atoms with Crippen LogP contribution >= 0.6 is 0 Å². The summed E-state index contributed by atoms with van der Waals surface area (Å²) in [4.78, 5) is 12.7. The van der Waals surface area contributed by atoms with Crippen molar-refractivity contribution in [3.8, 4) is 0 Å². The van der Waals surface area contributed by atoms with Crippen molar-refractivity contribution in [2.24, 2.45) is 0 Å². The molecule has 0 aliphatic rings. The molecule has 0 saturated heterocycles. The molecule has 0 unspecified atom stereocenters. The fraction of sp³-hybridized carbons (Fsp3) is 0.381. The lowest BCUT2D eigenvalue weighted by Crippen LogP contribution is -2.31. The first-order chi connectivity index (χ1) is 14.5. The Morgan fingerprint density at radius 2 is 1.48 bits per heavy atom. The Bertz CT molecular complexity index is 1120. The van der Waals surface area contributed by atoms with Crippen molar-refractivity contribution in [3.63, 3.8) is 0 Å². The molecule has 0 spiro atoms. The third-order valence-corrected chi connectivity index (χ3v) is 8.78. The minimum atomic E-state index is -3.65. The molecule has 0 radical (unpaired) electrons. The van der Waals surface area contributed by atoms with Crippen LogP contribution in [0.15, 0.2) is 52.3 Å². The first-order valence-electron chi connectivity index (χ1n) is 10.0. The summed E-state index contributed by atoms with van der Waals surface area (Å²) in [5, 5.41) is 5.61. The summed E-state index contributed by atoms with van der Waals surface area (Å²) in [6.07, 6.45) is 0. The standard InChI is InChI=1S/C21H29N3O5S2/c1-5-24(6-2)31(28,29)20-14-18(9-8-16(20)4)23-21(25)15-22-17-10-12-19(13-11-17)30(26,27)7-3/h8-14,22H,5-7,15H2,1-4H3,(H,23,25). The molecule has 0 fully saturated rings. The van der Waals surface area contributed by atoms with E-state index in [2.05, 4.69) is 10.6 Å². The van der Waals surface area contributed by atoms with Crippen molar-refractivity contribution in [1.29, 1.82) is 0 Å². The van der Waals surface area contributed by atoms with Gasteiger partial charge >= 0.3 is 0 Å². The zero-order valence-corrected chi connectivity index (χ0v) is 19.8. The molecule has 31 heavy (non-hydrogen) atoms. The van der Waals surface area contributed by atoms with Crippen LogP contribution in [0.4, 0.5) is 11.4 Å². The van der Waals surface area contributed by atoms with Gasteiger partial charge in [0.1, 0.15) is 0 Å². The van der Waals surface area contributed by atoms with Gasteiger partial charge in [0.05, 0.1) is 22.1 Å². The van der Waals surface area contributed by atoms with E-state index in [1.54, 1.807) is 52.0 Å². The van der Waals surface area contributed by atoms with Crippen molar-refractivity contribution < 1.29 is 21.6 Å². The second-order valence-corrected chi connectivity index (χ2v) is 11.1. The average Bonchev–Trinajstić information content (AvgIpc) is 2.74. The monoisotopic (exact) mass is 467 g/mol. The lowest BCUT2D eigenvalue weighted by Gasteiger charge is -2.20. The Morgan fingerprint density at radius 1 is 0.903 bits per heavy atom. The van der Waals surface area contributed by atoms with Crippen molar-refractivity contribution in [1.82, 2.24) is 4.31 Å². The highest BCUT2D eigenvalue weighted by Gasteiger charge is 2.24. The number of rotatable bonds is 10. The lowest BCUT2D eigenvalue weighted by atomic mass is 10.2. The van der Waals surface area contributed by atoms with Crippen LogP contribution < -0.4 is 10.6 Å². The number of sulfonamides is 1. The Balaban J connectivity index is 2.08. The molecular weight excluding hydrogens is 438 g/mol. The lowest BCUT2D eigenvalue weighted by molar-refractivity contribution is -0.114. The molecule has 0 saturated carbocycles. The molecule has 2 aromatic carbocycles. The average molecular weight is 468 g/mol. The number of amides is 1. The molecule has 2 rings (SSSR count). The molecule has 170 valence electrons. The molecule has 1 amide bonds. The summed E-state index contributed by atoms with van der Waals surface area (Å²) in [7, 11) is -6.92. The van der Waals surface area contributed by atoms with E-state index in [1.807, 2.05) is 0 Å². The van der Waals surface area contributed by atoms with E-state index in [1.165, 1.54) is 22.5 Å². The molecular formula is C21H29N3O5S2. The molecule has 0 heterocycles. The van der Waals surface area contributed by atoms with Gasteiger partial charge in [0.2, 0.25) is 15.9 Å². The highest BCUT2D eigenvalue weighted by Crippen LogP contribution is 2.23. The van der Waals surface area contributed by atoms with Crippen LogP contribution in [-0.2, 0) is 24.7 Å². The van der Waals surface area contributed by atoms with Gasteiger partial charge in [0.25, 0.3) is 0 Å². The van der Waals surface area contributed by atoms with Gasteiger partial charge in [0.15, 0.2) is 9.84 Å². The molecule has 2 N–H and O–H groups in total. The van der Waals surface area contributed by atoms with Crippen LogP contribution in [0.25, 0.3) is 0 Å². The first-order valence-corrected chi connectivity index (χ1v) is 13.1. The normalized spacial score (nSPS) is 12.0. The zero-order chi connectivity index (χ0) is 23.2. The third-order valence-electron chi connectivity index (χ3n) is 4.84. The van der Waals surface area contributed by atoms with Gasteiger partial charge in [-0.05, 0) is 48.9 Å². The Labute approximate surface area is 184 Å². The second-order valence-electron chi connectivity index (χ2n) is 6.90. The molecule has 0 bridgehead atoms. The zero-order valence-electron chi connectivity index (χ0n) is 18.2. The van der Waals surface area contributed by atoms with E-state index < -0.39 is 19.9 Å². The van der Waals surface area contributed by atoms with Crippen molar-refractivity contribution in [2.75, 3.05) is 36.0 Å². The van der Waals surface area contributed by atoms with Gasteiger partial charge in [0, 0.05) is 24.5 Å². The topological polar surface area (TPSA) is 113 Å². The first kappa shape index (κ1) is 24.8. The molecule has 10 heteroatoms. The quantitative estimate of drug-likeness (QED) is 0.556. The van der Waals surface area contributed by atoms with Crippen LogP contribution in [0.5, 0.6) is 0 Å². The predicted molar refractivity (Wildman–Crippen MR) is 123 cm³/mol. The summed E-state index contributed by atoms with van der Waals surface area (Å²) in [6, 6.07) is 10.9. The van der Waals surface area contributed by atoms with Crippen LogP contribution in [0.1, 0.15) is 26.3 Å². The second kappa shape index (κ2) is 10.3. The molecule has 2 aromatic rings. The van der Waals surface area contributed by atoms with Gasteiger partial charge in [-0.3, -0.25) is 4.79 Å². The van der Waals surface area contributed by atoms with E-state index in [-0.39, 0.29) is 28.0 Å². The molecule has 8 nitrogen and oxygen atoms in total.